The van der Waals surface area contributed by atoms with E-state index in [1.54, 1.807) is 0 Å². The highest BCUT2D eigenvalue weighted by Crippen LogP contribution is 2.44. The van der Waals surface area contributed by atoms with Crippen molar-refractivity contribution in [2.45, 2.75) is 69.7 Å². The van der Waals surface area contributed by atoms with Crippen molar-refractivity contribution >= 4 is 33.1 Å². The summed E-state index contributed by atoms with van der Waals surface area (Å²) in [5.41, 5.74) is 0.826. The summed E-state index contributed by atoms with van der Waals surface area (Å²) < 4.78 is 32.8. The third-order valence-corrected chi connectivity index (χ3v) is 6.54. The molecule has 2 aliphatic rings. The number of esters is 1. The maximum Gasteiger partial charge on any atom is 0.316 e. The van der Waals surface area contributed by atoms with Crippen molar-refractivity contribution in [1.82, 2.24) is 0 Å². The Balaban J connectivity index is 0.000000674. The van der Waals surface area contributed by atoms with Crippen molar-refractivity contribution in [3.63, 3.8) is 0 Å². The van der Waals surface area contributed by atoms with Crippen LogP contribution in [0.4, 0.5) is 0 Å². The zero-order valence-electron chi connectivity index (χ0n) is 18.1. The van der Waals surface area contributed by atoms with Gasteiger partial charge in [0, 0.05) is 25.7 Å². The zero-order valence-corrected chi connectivity index (χ0v) is 20.6. The topological polar surface area (TPSA) is 101 Å². The number of ether oxygens (including phenoxy) is 1. The second-order valence-corrected chi connectivity index (χ2v) is 10.1. The average Bonchev–Trinajstić information content (AvgIpc) is 2.79. The predicted octanol–water partition coefficient (Wildman–Crippen LogP) is 2.94. The molecule has 7 nitrogen and oxygen atoms in total. The summed E-state index contributed by atoms with van der Waals surface area (Å²) in [6.07, 6.45) is 5.07. The van der Waals surface area contributed by atoms with Gasteiger partial charge in [-0.2, -0.15) is 8.42 Å². The summed E-state index contributed by atoms with van der Waals surface area (Å²) in [7, 11) is -1.30. The van der Waals surface area contributed by atoms with Gasteiger partial charge in [0.2, 0.25) is 0 Å². The molecule has 2 fully saturated rings. The molecule has 0 saturated carbocycles. The van der Waals surface area contributed by atoms with E-state index in [4.69, 9.17) is 9.29 Å². The van der Waals surface area contributed by atoms with Crippen LogP contribution in [0.5, 0.6) is 0 Å². The molecule has 2 bridgehead atoms. The zero-order chi connectivity index (χ0) is 21.8. The number of aliphatic hydroxyl groups excluding tert-OH is 1. The summed E-state index contributed by atoms with van der Waals surface area (Å²) >= 11 is 0. The number of carbonyl (C=O) groups excluding carboxylic acids is 1. The minimum Gasteiger partial charge on any atom is -0.461 e. The molecule has 3 unspecified atom stereocenters. The molecule has 30 heavy (non-hydrogen) atoms. The van der Waals surface area contributed by atoms with Gasteiger partial charge < -0.3 is 14.3 Å². The third kappa shape index (κ3) is 6.75. The summed E-state index contributed by atoms with van der Waals surface area (Å²) in [5, 5.41) is 9.65. The van der Waals surface area contributed by atoms with Gasteiger partial charge in [-0.15, -0.1) is 17.0 Å². The Morgan fingerprint density at radius 3 is 2.03 bits per heavy atom. The van der Waals surface area contributed by atoms with Crippen LogP contribution < -0.4 is 0 Å². The molecule has 1 aromatic carbocycles. The highest BCUT2D eigenvalue weighted by molar-refractivity contribution is 8.93. The van der Waals surface area contributed by atoms with Crippen LogP contribution in [-0.4, -0.2) is 72.7 Å². The minimum absolute atomic E-state index is 0. The Morgan fingerprint density at radius 2 is 1.63 bits per heavy atom. The van der Waals surface area contributed by atoms with Crippen LogP contribution in [-0.2, 0) is 19.6 Å². The molecule has 1 aromatic rings. The number of hydrogen-bond donors (Lipinski definition) is 2. The van der Waals surface area contributed by atoms with E-state index in [0.717, 1.165) is 22.9 Å². The second kappa shape index (κ2) is 11.0. The monoisotopic (exact) mass is 508 g/mol. The fourth-order valence-corrected chi connectivity index (χ4v) is 4.82. The van der Waals surface area contributed by atoms with Crippen LogP contribution in [0.3, 0.4) is 0 Å². The van der Waals surface area contributed by atoms with Gasteiger partial charge in [-0.05, 0) is 19.4 Å². The number of quaternary nitrogens is 1. The van der Waals surface area contributed by atoms with Crippen LogP contribution >= 0.6 is 17.0 Å². The van der Waals surface area contributed by atoms with E-state index >= 15 is 0 Å². The van der Waals surface area contributed by atoms with E-state index in [1.807, 2.05) is 30.3 Å². The van der Waals surface area contributed by atoms with Gasteiger partial charge in [0.15, 0.2) is 0 Å². The maximum atomic E-state index is 12.6. The van der Waals surface area contributed by atoms with Gasteiger partial charge in [-0.3, -0.25) is 9.35 Å². The molecule has 0 aliphatic carbocycles. The van der Waals surface area contributed by atoms with Crippen molar-refractivity contribution in [3.05, 3.63) is 35.9 Å². The molecule has 9 heteroatoms. The van der Waals surface area contributed by atoms with Crippen molar-refractivity contribution in [1.29, 1.82) is 0 Å². The van der Waals surface area contributed by atoms with Gasteiger partial charge in [-0.1, -0.05) is 30.3 Å². The Morgan fingerprint density at radius 1 is 1.17 bits per heavy atom. The van der Waals surface area contributed by atoms with E-state index in [9.17, 15) is 18.3 Å². The molecule has 2 saturated heterocycles. The molecule has 172 valence electrons. The molecule has 0 spiro atoms. The summed E-state index contributed by atoms with van der Waals surface area (Å²) in [6.45, 7) is 4.39. The lowest BCUT2D eigenvalue weighted by Crippen LogP contribution is -2.62. The van der Waals surface area contributed by atoms with Gasteiger partial charge >= 0.3 is 5.97 Å². The summed E-state index contributed by atoms with van der Waals surface area (Å²) in [4.78, 5) is 12.6. The van der Waals surface area contributed by atoms with Gasteiger partial charge in [0.25, 0.3) is 10.1 Å². The molecule has 2 N–H and O–H groups in total. The summed E-state index contributed by atoms with van der Waals surface area (Å²) in [6, 6.07) is 11.2. The lowest BCUT2D eigenvalue weighted by Gasteiger charge is -2.49. The van der Waals surface area contributed by atoms with Gasteiger partial charge in [-0.25, -0.2) is 0 Å². The number of halogens is 1. The number of rotatable bonds is 5. The van der Waals surface area contributed by atoms with Gasteiger partial charge in [0.05, 0.1) is 38.0 Å². The lowest BCUT2D eigenvalue weighted by atomic mass is 9.94. The Bertz CT molecular complexity index is 764. The van der Waals surface area contributed by atoms with E-state index < -0.39 is 16.0 Å². The molecular formula is C21H35BrNO6S+. The van der Waals surface area contributed by atoms with Crippen molar-refractivity contribution in [2.24, 2.45) is 0 Å². The van der Waals surface area contributed by atoms with E-state index in [0.29, 0.717) is 24.4 Å². The largest absolute Gasteiger partial charge is 0.461 e. The minimum atomic E-state index is -3.67. The van der Waals surface area contributed by atoms with E-state index in [2.05, 4.69) is 20.9 Å². The molecular weight excluding hydrogens is 474 g/mol. The quantitative estimate of drug-likeness (QED) is 0.360. The number of carbonyl (C=O) groups is 1. The Kier molecular flexibility index (Phi) is 9.95. The number of piperidine rings is 1. The third-order valence-electron chi connectivity index (χ3n) is 6.54. The van der Waals surface area contributed by atoms with Crippen molar-refractivity contribution in [3.8, 4) is 0 Å². The highest BCUT2D eigenvalue weighted by atomic mass is 79.9. The van der Waals surface area contributed by atoms with E-state index in [-0.39, 0.29) is 35.7 Å². The molecule has 0 amide bonds. The molecule has 2 heterocycles. The molecule has 0 radical (unpaired) electrons. The van der Waals surface area contributed by atoms with Crippen molar-refractivity contribution < 1.29 is 32.1 Å². The first-order valence-electron chi connectivity index (χ1n) is 10.1. The first kappa shape index (κ1) is 27.0. The molecule has 5 atom stereocenters. The first-order valence-corrected chi connectivity index (χ1v) is 12.0. The maximum absolute atomic E-state index is 12.6. The summed E-state index contributed by atoms with van der Waals surface area (Å²) in [5.74, 6) is -0.856. The standard InChI is InChI=1S/C20H30NO3.CH4O3S.BrH/c1-14(2)21(3)16-9-10-17(21)12-18(11-16)24-20(23)19(13-22)15-7-5-4-6-8-15;1-5(2,3)4;/h4-8,14,16-19,22H,9-13H2,1-3H3;1H3,(H,2,3,4);1H/q+1;;/t16-,17+,18?,19?,21?;;. The number of hydrogen-bond acceptors (Lipinski definition) is 5. The number of nitrogens with zero attached hydrogens (tertiary/aromatic N) is 1. The number of fused-ring (bicyclic) bond motifs is 2. The Hall–Kier alpha value is -1.00. The predicted molar refractivity (Wildman–Crippen MR) is 121 cm³/mol. The Labute approximate surface area is 190 Å². The normalized spacial score (nSPS) is 28.7. The number of aliphatic hydroxyl groups is 1. The molecule has 2 aliphatic heterocycles. The van der Waals surface area contributed by atoms with Crippen LogP contribution in [0.1, 0.15) is 51.0 Å². The number of benzene rings is 1. The van der Waals surface area contributed by atoms with E-state index in [1.165, 1.54) is 12.8 Å². The lowest BCUT2D eigenvalue weighted by molar-refractivity contribution is -0.968. The van der Waals surface area contributed by atoms with Crippen LogP contribution in [0, 0.1) is 0 Å². The fraction of sp³-hybridized carbons (Fsp3) is 0.667. The van der Waals surface area contributed by atoms with Crippen molar-refractivity contribution in [2.75, 3.05) is 19.9 Å². The van der Waals surface area contributed by atoms with Gasteiger partial charge in [0.1, 0.15) is 12.0 Å². The van der Waals surface area contributed by atoms with Crippen LogP contribution in [0.15, 0.2) is 30.3 Å². The molecule has 3 rings (SSSR count). The fourth-order valence-electron chi connectivity index (χ4n) is 4.82. The molecule has 0 aromatic heterocycles. The SMILES string of the molecule is Br.CC(C)[N+]1(C)[C@@H]2CC[C@H]1CC(OC(=O)C(CO)c1ccccc1)C2.CS(=O)(=O)O. The highest BCUT2D eigenvalue weighted by Gasteiger charge is 2.53. The average molecular weight is 509 g/mol. The van der Waals surface area contributed by atoms with Crippen LogP contribution in [0.2, 0.25) is 0 Å². The smallest absolute Gasteiger partial charge is 0.316 e. The first-order chi connectivity index (χ1) is 13.5. The second-order valence-electron chi connectivity index (χ2n) is 8.61. The van der Waals surface area contributed by atoms with Crippen LogP contribution in [0.25, 0.3) is 0 Å².